The third-order valence-corrected chi connectivity index (χ3v) is 1.90. The van der Waals surface area contributed by atoms with E-state index in [1.165, 1.54) is 12.3 Å². The van der Waals surface area contributed by atoms with Gasteiger partial charge >= 0.3 is 5.97 Å². The molecule has 14 heavy (non-hydrogen) atoms. The molecule has 0 aromatic carbocycles. The van der Waals surface area contributed by atoms with Gasteiger partial charge in [-0.15, -0.1) is 6.58 Å². The van der Waals surface area contributed by atoms with Crippen LogP contribution < -0.4 is 0 Å². The van der Waals surface area contributed by atoms with E-state index >= 15 is 0 Å². The molecular formula is C11H18O3. The average Bonchev–Trinajstić information content (AvgIpc) is 2.16. The van der Waals surface area contributed by atoms with Crippen molar-refractivity contribution in [1.82, 2.24) is 0 Å². The Morgan fingerprint density at radius 2 is 2.14 bits per heavy atom. The van der Waals surface area contributed by atoms with Crippen LogP contribution in [-0.2, 0) is 14.3 Å². The normalized spacial score (nSPS) is 14.8. The number of carbonyl (C=O) groups is 1. The van der Waals surface area contributed by atoms with Crippen molar-refractivity contribution in [2.45, 2.75) is 26.9 Å². The second-order valence-corrected chi connectivity index (χ2v) is 2.99. The third-order valence-electron chi connectivity index (χ3n) is 1.90. The minimum atomic E-state index is -0.383. The standard InChI is InChI=1S/C11H18O3/c1-5-9(3)10(4)14-8-7-11(12)13-6-2/h5,7-10H,1,6H2,2-4H3/b8-7+/t9-,10-/m0/s1. The van der Waals surface area contributed by atoms with Gasteiger partial charge in [0.1, 0.15) is 6.10 Å². The third kappa shape index (κ3) is 5.41. The Morgan fingerprint density at radius 3 is 2.64 bits per heavy atom. The number of rotatable bonds is 6. The van der Waals surface area contributed by atoms with Gasteiger partial charge < -0.3 is 9.47 Å². The van der Waals surface area contributed by atoms with Crippen molar-refractivity contribution in [1.29, 1.82) is 0 Å². The Hall–Kier alpha value is -1.25. The number of hydrogen-bond acceptors (Lipinski definition) is 3. The van der Waals surface area contributed by atoms with E-state index in [0.29, 0.717) is 6.61 Å². The molecule has 0 bridgehead atoms. The fourth-order valence-electron chi connectivity index (χ4n) is 0.725. The van der Waals surface area contributed by atoms with Gasteiger partial charge in [-0.1, -0.05) is 13.0 Å². The van der Waals surface area contributed by atoms with E-state index in [9.17, 15) is 4.79 Å². The highest BCUT2D eigenvalue weighted by molar-refractivity contribution is 5.81. The predicted molar refractivity (Wildman–Crippen MR) is 55.7 cm³/mol. The summed E-state index contributed by atoms with van der Waals surface area (Å²) in [5, 5.41) is 0. The molecule has 0 aliphatic heterocycles. The zero-order valence-electron chi connectivity index (χ0n) is 9.03. The molecule has 0 rings (SSSR count). The van der Waals surface area contributed by atoms with E-state index in [-0.39, 0.29) is 18.0 Å². The lowest BCUT2D eigenvalue weighted by atomic mass is 10.1. The Bertz CT molecular complexity index is 209. The molecule has 0 radical (unpaired) electrons. The van der Waals surface area contributed by atoms with E-state index in [1.54, 1.807) is 6.92 Å². The fourth-order valence-corrected chi connectivity index (χ4v) is 0.725. The minimum absolute atomic E-state index is 0.0122. The Kier molecular flexibility index (Phi) is 6.54. The van der Waals surface area contributed by atoms with Crippen molar-refractivity contribution in [2.24, 2.45) is 5.92 Å². The lowest BCUT2D eigenvalue weighted by Gasteiger charge is -2.15. The summed E-state index contributed by atoms with van der Waals surface area (Å²) in [4.78, 5) is 10.9. The van der Waals surface area contributed by atoms with Gasteiger partial charge in [0, 0.05) is 5.92 Å². The van der Waals surface area contributed by atoms with Crippen LogP contribution in [0.25, 0.3) is 0 Å². The topological polar surface area (TPSA) is 35.5 Å². The summed E-state index contributed by atoms with van der Waals surface area (Å²) >= 11 is 0. The molecule has 0 aliphatic rings. The quantitative estimate of drug-likeness (QED) is 0.284. The largest absolute Gasteiger partial charge is 0.497 e. The van der Waals surface area contributed by atoms with Gasteiger partial charge in [-0.05, 0) is 13.8 Å². The van der Waals surface area contributed by atoms with Gasteiger partial charge in [0.25, 0.3) is 0 Å². The highest BCUT2D eigenvalue weighted by Crippen LogP contribution is 2.07. The summed E-state index contributed by atoms with van der Waals surface area (Å²) in [6, 6.07) is 0. The molecule has 0 unspecified atom stereocenters. The molecule has 0 aromatic rings. The summed E-state index contributed by atoms with van der Waals surface area (Å²) in [7, 11) is 0. The van der Waals surface area contributed by atoms with Crippen molar-refractivity contribution >= 4 is 5.97 Å². The Morgan fingerprint density at radius 1 is 1.50 bits per heavy atom. The first-order chi connectivity index (χ1) is 6.61. The maximum absolute atomic E-state index is 10.9. The van der Waals surface area contributed by atoms with E-state index in [1.807, 2.05) is 19.9 Å². The molecule has 0 saturated carbocycles. The van der Waals surface area contributed by atoms with E-state index in [4.69, 9.17) is 4.74 Å². The molecule has 0 amide bonds. The van der Waals surface area contributed by atoms with Crippen LogP contribution in [0.4, 0.5) is 0 Å². The molecule has 0 aliphatic carbocycles. The first-order valence-electron chi connectivity index (χ1n) is 4.73. The van der Waals surface area contributed by atoms with Crippen LogP contribution >= 0.6 is 0 Å². The molecule has 2 atom stereocenters. The maximum atomic E-state index is 10.9. The number of esters is 1. The van der Waals surface area contributed by atoms with Crippen LogP contribution in [0.5, 0.6) is 0 Å². The van der Waals surface area contributed by atoms with Crippen molar-refractivity contribution in [3.63, 3.8) is 0 Å². The van der Waals surface area contributed by atoms with Crippen LogP contribution in [-0.4, -0.2) is 18.7 Å². The molecule has 0 heterocycles. The van der Waals surface area contributed by atoms with E-state index < -0.39 is 0 Å². The van der Waals surface area contributed by atoms with Crippen molar-refractivity contribution in [2.75, 3.05) is 6.61 Å². The van der Waals surface area contributed by atoms with Gasteiger partial charge in [0.15, 0.2) is 0 Å². The smallest absolute Gasteiger partial charge is 0.333 e. The summed E-state index contributed by atoms with van der Waals surface area (Å²) in [6.07, 6.45) is 4.46. The second kappa shape index (κ2) is 7.18. The molecular weight excluding hydrogens is 180 g/mol. The van der Waals surface area contributed by atoms with E-state index in [2.05, 4.69) is 11.3 Å². The highest BCUT2D eigenvalue weighted by Gasteiger charge is 2.07. The fraction of sp³-hybridized carbons (Fsp3) is 0.545. The minimum Gasteiger partial charge on any atom is -0.497 e. The van der Waals surface area contributed by atoms with Crippen LogP contribution in [0.15, 0.2) is 25.0 Å². The lowest BCUT2D eigenvalue weighted by Crippen LogP contribution is -2.13. The molecule has 0 aromatic heterocycles. The molecule has 3 heteroatoms. The van der Waals surface area contributed by atoms with Gasteiger partial charge in [0.05, 0.1) is 18.9 Å². The van der Waals surface area contributed by atoms with Gasteiger partial charge in [0.2, 0.25) is 0 Å². The molecule has 0 N–H and O–H groups in total. The summed E-state index contributed by atoms with van der Waals surface area (Å²) in [5.41, 5.74) is 0. The summed E-state index contributed by atoms with van der Waals surface area (Å²) in [5.74, 6) is -0.132. The van der Waals surface area contributed by atoms with Crippen LogP contribution in [0.1, 0.15) is 20.8 Å². The summed E-state index contributed by atoms with van der Waals surface area (Å²) < 4.78 is 9.94. The zero-order valence-corrected chi connectivity index (χ0v) is 9.03. The Labute approximate surface area is 85.4 Å². The number of ether oxygens (including phenoxy) is 2. The molecule has 0 fully saturated rings. The van der Waals surface area contributed by atoms with Crippen molar-refractivity contribution in [3.8, 4) is 0 Å². The predicted octanol–water partition coefficient (Wildman–Crippen LogP) is 2.29. The van der Waals surface area contributed by atoms with Crippen molar-refractivity contribution in [3.05, 3.63) is 25.0 Å². The average molecular weight is 198 g/mol. The van der Waals surface area contributed by atoms with Gasteiger partial charge in [-0.3, -0.25) is 0 Å². The van der Waals surface area contributed by atoms with Crippen LogP contribution in [0.2, 0.25) is 0 Å². The van der Waals surface area contributed by atoms with E-state index in [0.717, 1.165) is 0 Å². The molecule has 0 spiro atoms. The monoisotopic (exact) mass is 198 g/mol. The SMILES string of the molecule is C=C[C@H](C)[C@H](C)O/C=C/C(=O)OCC. The number of hydrogen-bond donors (Lipinski definition) is 0. The molecule has 0 saturated heterocycles. The molecule has 3 nitrogen and oxygen atoms in total. The van der Waals surface area contributed by atoms with Crippen LogP contribution in [0, 0.1) is 5.92 Å². The first-order valence-corrected chi connectivity index (χ1v) is 4.73. The molecule has 80 valence electrons. The zero-order chi connectivity index (χ0) is 11.0. The van der Waals surface area contributed by atoms with Crippen molar-refractivity contribution < 1.29 is 14.3 Å². The maximum Gasteiger partial charge on any atom is 0.333 e. The van der Waals surface area contributed by atoms with Gasteiger partial charge in [-0.25, -0.2) is 4.79 Å². The first kappa shape index (κ1) is 12.8. The summed E-state index contributed by atoms with van der Waals surface area (Å²) in [6.45, 7) is 9.71. The van der Waals surface area contributed by atoms with Gasteiger partial charge in [-0.2, -0.15) is 0 Å². The Balaban J connectivity index is 3.80. The second-order valence-electron chi connectivity index (χ2n) is 2.99. The lowest BCUT2D eigenvalue weighted by molar-refractivity contribution is -0.137. The number of carbonyl (C=O) groups excluding carboxylic acids is 1. The highest BCUT2D eigenvalue weighted by atomic mass is 16.5. The van der Waals surface area contributed by atoms with Crippen LogP contribution in [0.3, 0.4) is 0 Å².